The van der Waals surface area contributed by atoms with Crippen molar-refractivity contribution in [2.75, 3.05) is 23.9 Å². The fraction of sp³-hybridized carbons (Fsp3) is 0.357. The summed E-state index contributed by atoms with van der Waals surface area (Å²) in [6.07, 6.45) is 6.20. The van der Waals surface area contributed by atoms with Crippen LogP contribution in [0, 0.1) is 11.5 Å². The number of para-hydroxylation sites is 1. The van der Waals surface area contributed by atoms with Gasteiger partial charge in [-0.2, -0.15) is 18.0 Å². The van der Waals surface area contributed by atoms with Crippen LogP contribution in [0.3, 0.4) is 0 Å². The molecule has 2 heterocycles. The summed E-state index contributed by atoms with van der Waals surface area (Å²) >= 11 is 0. The van der Waals surface area contributed by atoms with Crippen LogP contribution < -0.4 is 4.31 Å². The first-order valence-electron chi connectivity index (χ1n) is 6.80. The molecule has 0 amide bonds. The van der Waals surface area contributed by atoms with E-state index in [0.29, 0.717) is 31.7 Å². The van der Waals surface area contributed by atoms with Crippen molar-refractivity contribution in [3.8, 4) is 6.19 Å². The van der Waals surface area contributed by atoms with E-state index in [0.717, 1.165) is 0 Å². The van der Waals surface area contributed by atoms with E-state index in [1.54, 1.807) is 23.2 Å². The van der Waals surface area contributed by atoms with Gasteiger partial charge in [0.15, 0.2) is 6.19 Å². The van der Waals surface area contributed by atoms with Crippen molar-refractivity contribution in [1.82, 2.24) is 9.21 Å². The summed E-state index contributed by atoms with van der Waals surface area (Å²) in [4.78, 5) is 1.60. The van der Waals surface area contributed by atoms with E-state index in [1.165, 1.54) is 8.61 Å². The van der Waals surface area contributed by atoms with Crippen LogP contribution in [0.2, 0.25) is 0 Å². The maximum atomic E-state index is 12.8. The molecule has 0 spiro atoms. The molecule has 0 bridgehead atoms. The fourth-order valence-electron chi connectivity index (χ4n) is 2.73. The van der Waals surface area contributed by atoms with Gasteiger partial charge < -0.3 is 4.90 Å². The molecule has 1 fully saturated rings. The first kappa shape index (κ1) is 13.9. The molecule has 1 atom stereocenters. The molecule has 1 unspecified atom stereocenters. The van der Waals surface area contributed by atoms with Crippen molar-refractivity contribution in [1.29, 1.82) is 5.26 Å². The van der Waals surface area contributed by atoms with Crippen LogP contribution >= 0.6 is 0 Å². The van der Waals surface area contributed by atoms with E-state index < -0.39 is 10.2 Å². The van der Waals surface area contributed by atoms with Crippen LogP contribution in [0.5, 0.6) is 0 Å². The Labute approximate surface area is 124 Å². The van der Waals surface area contributed by atoms with E-state index in [-0.39, 0.29) is 6.04 Å². The van der Waals surface area contributed by atoms with Crippen molar-refractivity contribution < 1.29 is 8.42 Å². The van der Waals surface area contributed by atoms with Crippen LogP contribution in [-0.2, 0) is 10.2 Å². The van der Waals surface area contributed by atoms with Gasteiger partial charge >= 0.3 is 10.2 Å². The maximum Gasteiger partial charge on any atom is 0.308 e. The lowest BCUT2D eigenvalue weighted by Crippen LogP contribution is -2.50. The number of rotatable bonds is 2. The number of hydrogen-bond donors (Lipinski definition) is 0. The predicted octanol–water partition coefficient (Wildman–Crippen LogP) is 1.12. The molecule has 1 aromatic carbocycles. The Balaban J connectivity index is 1.89. The van der Waals surface area contributed by atoms with Crippen LogP contribution in [0.4, 0.5) is 5.69 Å². The number of likely N-dealkylation sites (tertiary alicyclic amines) is 1. The minimum absolute atomic E-state index is 0.147. The Hall–Kier alpha value is -2.04. The Morgan fingerprint density at radius 3 is 2.67 bits per heavy atom. The highest BCUT2D eigenvalue weighted by Crippen LogP contribution is 2.27. The Kier molecular flexibility index (Phi) is 3.57. The van der Waals surface area contributed by atoms with Gasteiger partial charge in [0.2, 0.25) is 0 Å². The number of nitriles is 1. The van der Waals surface area contributed by atoms with Crippen molar-refractivity contribution in [2.24, 2.45) is 0 Å². The molecule has 110 valence electrons. The Bertz CT molecular complexity index is 681. The highest BCUT2D eigenvalue weighted by molar-refractivity contribution is 7.90. The summed E-state index contributed by atoms with van der Waals surface area (Å²) in [6, 6.07) is 8.85. The van der Waals surface area contributed by atoms with Gasteiger partial charge in [-0.1, -0.05) is 24.3 Å². The zero-order valence-corrected chi connectivity index (χ0v) is 12.3. The van der Waals surface area contributed by atoms with Gasteiger partial charge in [0.05, 0.1) is 5.69 Å². The monoisotopic (exact) mass is 304 g/mol. The van der Waals surface area contributed by atoms with Gasteiger partial charge in [0.25, 0.3) is 0 Å². The topological polar surface area (TPSA) is 67.7 Å². The third-order valence-electron chi connectivity index (χ3n) is 3.79. The summed E-state index contributed by atoms with van der Waals surface area (Å²) in [7, 11) is -3.59. The minimum atomic E-state index is -3.59. The van der Waals surface area contributed by atoms with Gasteiger partial charge in [-0.15, -0.1) is 0 Å². The molecule has 7 heteroatoms. The predicted molar refractivity (Wildman–Crippen MR) is 79.3 cm³/mol. The zero-order valence-electron chi connectivity index (χ0n) is 11.5. The van der Waals surface area contributed by atoms with Gasteiger partial charge in [0, 0.05) is 31.9 Å². The van der Waals surface area contributed by atoms with Gasteiger partial charge in [-0.3, -0.25) is 0 Å². The molecule has 6 nitrogen and oxygen atoms in total. The second-order valence-corrected chi connectivity index (χ2v) is 6.84. The minimum Gasteiger partial charge on any atom is -0.309 e. The average molecular weight is 304 g/mol. The molecule has 0 radical (unpaired) electrons. The lowest BCUT2D eigenvalue weighted by molar-refractivity contribution is 0.339. The number of hydrogen-bond acceptors (Lipinski definition) is 4. The van der Waals surface area contributed by atoms with E-state index in [1.807, 2.05) is 24.3 Å². The Morgan fingerprint density at radius 1 is 1.24 bits per heavy atom. The van der Waals surface area contributed by atoms with Crippen LogP contribution in [-0.4, -0.2) is 43.3 Å². The van der Waals surface area contributed by atoms with Crippen LogP contribution in [0.25, 0.3) is 0 Å². The number of benzene rings is 1. The SMILES string of the molecule is N#CN1CCC(N2CC=CN(c3ccccc3)S2(=O)=O)C1. The zero-order chi connectivity index (χ0) is 14.9. The molecule has 0 N–H and O–H groups in total. The van der Waals surface area contributed by atoms with Gasteiger partial charge in [-0.05, 0) is 18.6 Å². The molecule has 0 saturated carbocycles. The molecule has 0 aliphatic carbocycles. The smallest absolute Gasteiger partial charge is 0.308 e. The normalized spacial score (nSPS) is 25.0. The van der Waals surface area contributed by atoms with E-state index in [9.17, 15) is 8.42 Å². The molecule has 0 aromatic heterocycles. The molecule has 1 saturated heterocycles. The summed E-state index contributed by atoms with van der Waals surface area (Å²) in [5.41, 5.74) is 0.619. The molecule has 2 aliphatic heterocycles. The summed E-state index contributed by atoms with van der Waals surface area (Å²) in [6.45, 7) is 1.43. The number of nitrogens with zero attached hydrogens (tertiary/aromatic N) is 4. The van der Waals surface area contributed by atoms with Gasteiger partial charge in [-0.25, -0.2) is 4.31 Å². The van der Waals surface area contributed by atoms with Crippen LogP contribution in [0.15, 0.2) is 42.6 Å². The summed E-state index contributed by atoms with van der Waals surface area (Å²) < 4.78 is 28.4. The highest BCUT2D eigenvalue weighted by Gasteiger charge is 2.39. The first-order chi connectivity index (χ1) is 10.1. The van der Waals surface area contributed by atoms with E-state index in [2.05, 4.69) is 6.19 Å². The highest BCUT2D eigenvalue weighted by atomic mass is 32.2. The first-order valence-corrected chi connectivity index (χ1v) is 8.20. The molecule has 21 heavy (non-hydrogen) atoms. The molecule has 1 aromatic rings. The Morgan fingerprint density at radius 2 is 2.00 bits per heavy atom. The maximum absolute atomic E-state index is 12.8. The molecule has 3 rings (SSSR count). The third kappa shape index (κ3) is 2.48. The lowest BCUT2D eigenvalue weighted by atomic mass is 10.2. The molecular formula is C14H16N4O2S. The molecular weight excluding hydrogens is 288 g/mol. The summed E-state index contributed by atoms with van der Waals surface area (Å²) in [5, 5.41) is 8.93. The fourth-order valence-corrected chi connectivity index (χ4v) is 4.41. The van der Waals surface area contributed by atoms with E-state index in [4.69, 9.17) is 5.26 Å². The van der Waals surface area contributed by atoms with Crippen LogP contribution in [0.1, 0.15) is 6.42 Å². The quantitative estimate of drug-likeness (QED) is 0.768. The van der Waals surface area contributed by atoms with E-state index >= 15 is 0 Å². The standard InChI is InChI=1S/C14H16N4O2S/c15-12-16-10-7-14(11-16)18-9-4-8-17(21(18,19)20)13-5-2-1-3-6-13/h1-6,8,14H,7,9-11H2. The van der Waals surface area contributed by atoms with Crippen molar-refractivity contribution >= 4 is 15.9 Å². The second-order valence-electron chi connectivity index (χ2n) is 5.08. The summed E-state index contributed by atoms with van der Waals surface area (Å²) in [5.74, 6) is 0. The lowest BCUT2D eigenvalue weighted by Gasteiger charge is -2.35. The third-order valence-corrected chi connectivity index (χ3v) is 5.66. The molecule has 2 aliphatic rings. The van der Waals surface area contributed by atoms with Crippen molar-refractivity contribution in [3.05, 3.63) is 42.6 Å². The second kappa shape index (κ2) is 5.39. The van der Waals surface area contributed by atoms with Gasteiger partial charge in [0.1, 0.15) is 0 Å². The van der Waals surface area contributed by atoms with Crippen molar-refractivity contribution in [3.63, 3.8) is 0 Å². The number of anilines is 1. The van der Waals surface area contributed by atoms with Crippen molar-refractivity contribution in [2.45, 2.75) is 12.5 Å². The largest absolute Gasteiger partial charge is 0.309 e. The average Bonchev–Trinajstić information content (AvgIpc) is 2.96.